The third kappa shape index (κ3) is 5.05. The van der Waals surface area contributed by atoms with Crippen molar-refractivity contribution >= 4 is 15.9 Å². The molecule has 0 aromatic heterocycles. The van der Waals surface area contributed by atoms with Gasteiger partial charge in [-0.15, -0.1) is 0 Å². The topological polar surface area (TPSA) is 75.3 Å². The largest absolute Gasteiger partial charge is 0.349 e. The van der Waals surface area contributed by atoms with Gasteiger partial charge in [-0.25, -0.2) is 13.1 Å². The van der Waals surface area contributed by atoms with E-state index in [-0.39, 0.29) is 22.9 Å². The zero-order valence-corrected chi connectivity index (χ0v) is 15.5. The number of carbonyl (C=O) groups is 1. The van der Waals surface area contributed by atoms with Crippen LogP contribution in [-0.4, -0.2) is 26.4 Å². The van der Waals surface area contributed by atoms with Gasteiger partial charge >= 0.3 is 0 Å². The number of benzene rings is 1. The van der Waals surface area contributed by atoms with Crippen LogP contribution in [0.5, 0.6) is 0 Å². The predicted molar refractivity (Wildman–Crippen MR) is 95.4 cm³/mol. The quantitative estimate of drug-likeness (QED) is 0.826. The molecule has 5 nitrogen and oxygen atoms in total. The van der Waals surface area contributed by atoms with Gasteiger partial charge in [-0.3, -0.25) is 4.79 Å². The SMILES string of the molecule is CC[C@@H](C)NS(=O)(=O)c1ccc(C(=O)NC2CCC(C)CC2)cc1. The Balaban J connectivity index is 1.99. The molecule has 0 bridgehead atoms. The lowest BCUT2D eigenvalue weighted by atomic mass is 9.87. The number of hydrogen-bond donors (Lipinski definition) is 2. The highest BCUT2D eigenvalue weighted by atomic mass is 32.2. The maximum absolute atomic E-state index is 12.3. The van der Waals surface area contributed by atoms with Crippen molar-refractivity contribution in [3.05, 3.63) is 29.8 Å². The molecule has 1 aromatic carbocycles. The van der Waals surface area contributed by atoms with Crippen LogP contribution in [0.4, 0.5) is 0 Å². The monoisotopic (exact) mass is 352 g/mol. The molecular weight excluding hydrogens is 324 g/mol. The van der Waals surface area contributed by atoms with Gasteiger partial charge in [-0.1, -0.05) is 13.8 Å². The van der Waals surface area contributed by atoms with Crippen LogP contribution in [0.15, 0.2) is 29.2 Å². The molecule has 1 aliphatic carbocycles. The first-order valence-corrected chi connectivity index (χ1v) is 10.2. The Morgan fingerprint density at radius 2 is 1.75 bits per heavy atom. The number of rotatable bonds is 6. The van der Waals surface area contributed by atoms with Gasteiger partial charge < -0.3 is 5.32 Å². The molecule has 1 aliphatic rings. The first-order valence-electron chi connectivity index (χ1n) is 8.75. The van der Waals surface area contributed by atoms with Crippen molar-refractivity contribution in [2.45, 2.75) is 69.9 Å². The van der Waals surface area contributed by atoms with Crippen molar-refractivity contribution in [3.63, 3.8) is 0 Å². The molecule has 1 atom stereocenters. The summed E-state index contributed by atoms with van der Waals surface area (Å²) in [4.78, 5) is 12.5. The van der Waals surface area contributed by atoms with E-state index in [9.17, 15) is 13.2 Å². The molecule has 24 heavy (non-hydrogen) atoms. The van der Waals surface area contributed by atoms with E-state index in [0.29, 0.717) is 5.56 Å². The number of carbonyl (C=O) groups excluding carboxylic acids is 1. The molecule has 1 amide bonds. The Labute approximate surface area is 145 Å². The molecule has 0 heterocycles. The van der Waals surface area contributed by atoms with Crippen LogP contribution in [0, 0.1) is 5.92 Å². The molecule has 0 saturated heterocycles. The minimum absolute atomic E-state index is 0.119. The Morgan fingerprint density at radius 3 is 2.29 bits per heavy atom. The number of amides is 1. The standard InChI is InChI=1S/C18H28N2O3S/c1-4-14(3)20-24(22,23)17-11-7-15(8-12-17)18(21)19-16-9-5-13(2)6-10-16/h7-8,11-14,16,20H,4-6,9-10H2,1-3H3,(H,19,21)/t13?,14-,16?/m1/s1. The van der Waals surface area contributed by atoms with Gasteiger partial charge in [0.1, 0.15) is 0 Å². The van der Waals surface area contributed by atoms with Crippen LogP contribution in [0.2, 0.25) is 0 Å². The first kappa shape index (κ1) is 18.9. The fraction of sp³-hybridized carbons (Fsp3) is 0.611. The molecule has 2 rings (SSSR count). The highest BCUT2D eigenvalue weighted by Gasteiger charge is 2.21. The van der Waals surface area contributed by atoms with Crippen LogP contribution >= 0.6 is 0 Å². The normalized spacial score (nSPS) is 22.8. The molecule has 0 aliphatic heterocycles. The molecule has 0 unspecified atom stereocenters. The summed E-state index contributed by atoms with van der Waals surface area (Å²) in [7, 11) is -3.53. The second-order valence-electron chi connectivity index (χ2n) is 6.89. The van der Waals surface area contributed by atoms with Crippen molar-refractivity contribution in [3.8, 4) is 0 Å². The zero-order chi connectivity index (χ0) is 17.7. The second kappa shape index (κ2) is 8.12. The lowest BCUT2D eigenvalue weighted by Crippen LogP contribution is -2.37. The zero-order valence-electron chi connectivity index (χ0n) is 14.7. The van der Waals surface area contributed by atoms with Crippen LogP contribution < -0.4 is 10.0 Å². The molecular formula is C18H28N2O3S. The number of sulfonamides is 1. The van der Waals surface area contributed by atoms with E-state index >= 15 is 0 Å². The van der Waals surface area contributed by atoms with E-state index in [2.05, 4.69) is 17.0 Å². The van der Waals surface area contributed by atoms with Crippen LogP contribution in [0.1, 0.15) is 63.2 Å². The first-order chi connectivity index (χ1) is 11.3. The maximum atomic E-state index is 12.3. The smallest absolute Gasteiger partial charge is 0.251 e. The minimum Gasteiger partial charge on any atom is -0.349 e. The summed E-state index contributed by atoms with van der Waals surface area (Å²) in [5.41, 5.74) is 0.496. The van der Waals surface area contributed by atoms with Gasteiger partial charge in [0.25, 0.3) is 5.91 Å². The summed E-state index contributed by atoms with van der Waals surface area (Å²) in [5.74, 6) is 0.606. The van der Waals surface area contributed by atoms with Gasteiger partial charge in [0.15, 0.2) is 0 Å². The molecule has 1 fully saturated rings. The summed E-state index contributed by atoms with van der Waals surface area (Å²) in [6.45, 7) is 5.99. The van der Waals surface area contributed by atoms with E-state index in [0.717, 1.165) is 38.0 Å². The van der Waals surface area contributed by atoms with Gasteiger partial charge in [0.2, 0.25) is 10.0 Å². The molecule has 1 saturated carbocycles. The minimum atomic E-state index is -3.53. The Kier molecular flexibility index (Phi) is 6.40. The lowest BCUT2D eigenvalue weighted by Gasteiger charge is -2.26. The Morgan fingerprint density at radius 1 is 1.17 bits per heavy atom. The van der Waals surface area contributed by atoms with Gasteiger partial charge in [-0.05, 0) is 69.2 Å². The summed E-state index contributed by atoms with van der Waals surface area (Å²) in [6, 6.07) is 6.24. The van der Waals surface area contributed by atoms with E-state index < -0.39 is 10.0 Å². The number of nitrogens with one attached hydrogen (secondary N) is 2. The average Bonchev–Trinajstić information content (AvgIpc) is 2.56. The van der Waals surface area contributed by atoms with Crippen LogP contribution in [0.3, 0.4) is 0 Å². The van der Waals surface area contributed by atoms with Gasteiger partial charge in [0.05, 0.1) is 4.90 Å². The highest BCUT2D eigenvalue weighted by molar-refractivity contribution is 7.89. The molecule has 134 valence electrons. The summed E-state index contributed by atoms with van der Waals surface area (Å²) < 4.78 is 27.0. The summed E-state index contributed by atoms with van der Waals surface area (Å²) >= 11 is 0. The molecule has 0 spiro atoms. The van der Waals surface area contributed by atoms with Gasteiger partial charge in [-0.2, -0.15) is 0 Å². The lowest BCUT2D eigenvalue weighted by molar-refractivity contribution is 0.0923. The summed E-state index contributed by atoms with van der Waals surface area (Å²) in [5, 5.41) is 3.05. The second-order valence-corrected chi connectivity index (χ2v) is 8.60. The van der Waals surface area contributed by atoms with Crippen molar-refractivity contribution in [1.29, 1.82) is 0 Å². The summed E-state index contributed by atoms with van der Waals surface area (Å²) in [6.07, 6.45) is 5.03. The maximum Gasteiger partial charge on any atom is 0.251 e. The van der Waals surface area contributed by atoms with Crippen LogP contribution in [-0.2, 0) is 10.0 Å². The van der Waals surface area contributed by atoms with Crippen molar-refractivity contribution in [2.24, 2.45) is 5.92 Å². The average molecular weight is 353 g/mol. The number of hydrogen-bond acceptors (Lipinski definition) is 3. The van der Waals surface area contributed by atoms with Crippen molar-refractivity contribution in [1.82, 2.24) is 10.0 Å². The molecule has 0 radical (unpaired) electrons. The van der Waals surface area contributed by atoms with E-state index in [1.807, 2.05) is 13.8 Å². The van der Waals surface area contributed by atoms with Crippen molar-refractivity contribution in [2.75, 3.05) is 0 Å². The van der Waals surface area contributed by atoms with E-state index in [4.69, 9.17) is 0 Å². The van der Waals surface area contributed by atoms with E-state index in [1.165, 1.54) is 12.1 Å². The highest BCUT2D eigenvalue weighted by Crippen LogP contribution is 2.23. The van der Waals surface area contributed by atoms with Crippen LogP contribution in [0.25, 0.3) is 0 Å². The Hall–Kier alpha value is -1.40. The van der Waals surface area contributed by atoms with Crippen molar-refractivity contribution < 1.29 is 13.2 Å². The molecule has 6 heteroatoms. The Bertz CT molecular complexity index is 647. The predicted octanol–water partition coefficient (Wildman–Crippen LogP) is 3.07. The molecule has 1 aromatic rings. The molecule has 2 N–H and O–H groups in total. The van der Waals surface area contributed by atoms with Gasteiger partial charge in [0, 0.05) is 17.6 Å². The van der Waals surface area contributed by atoms with E-state index in [1.54, 1.807) is 12.1 Å². The fourth-order valence-corrected chi connectivity index (χ4v) is 4.20. The third-order valence-corrected chi connectivity index (χ3v) is 6.35. The fourth-order valence-electron chi connectivity index (χ4n) is 2.87. The third-order valence-electron chi connectivity index (χ3n) is 4.75.